The lowest BCUT2D eigenvalue weighted by Crippen LogP contribution is -2.10. The van der Waals surface area contributed by atoms with Gasteiger partial charge in [0, 0.05) is 52.6 Å². The minimum atomic E-state index is -0.315. The van der Waals surface area contributed by atoms with Gasteiger partial charge in [0.2, 0.25) is 0 Å². The lowest BCUT2D eigenvalue weighted by molar-refractivity contribution is 0.396. The summed E-state index contributed by atoms with van der Waals surface area (Å²) in [5, 5.41) is 65.6. The third kappa shape index (κ3) is 8.24. The molecule has 57 heavy (non-hydrogen) atoms. The average Bonchev–Trinajstić information content (AvgIpc) is 3.21. The molecule has 3 atom stereocenters. The van der Waals surface area contributed by atoms with Crippen LogP contribution in [-0.4, -0.2) is 52.0 Å². The van der Waals surface area contributed by atoms with Crippen molar-refractivity contribution in [2.24, 2.45) is 0 Å². The van der Waals surface area contributed by atoms with Gasteiger partial charge in [-0.05, 0) is 127 Å². The summed E-state index contributed by atoms with van der Waals surface area (Å²) in [6, 6.07) is 31.9. The van der Waals surface area contributed by atoms with E-state index in [-0.39, 0.29) is 52.3 Å². The normalized spacial score (nSPS) is 17.2. The number of phenolic OH excluding ortho intramolecular Hbond substituents is 6. The second-order valence-corrected chi connectivity index (χ2v) is 14.7. The molecule has 0 heterocycles. The third-order valence-electron chi connectivity index (χ3n) is 11.4. The minimum absolute atomic E-state index is 0.0707. The van der Waals surface area contributed by atoms with E-state index in [0.717, 1.165) is 33.4 Å². The molecule has 0 saturated carbocycles. The number of benzene rings is 6. The Morgan fingerprint density at radius 1 is 0.368 bits per heavy atom. The zero-order chi connectivity index (χ0) is 40.2. The molecule has 9 nitrogen and oxygen atoms in total. The Bertz CT molecular complexity index is 2070. The summed E-state index contributed by atoms with van der Waals surface area (Å²) in [6.07, 6.45) is 3.18. The van der Waals surface area contributed by atoms with Crippen LogP contribution in [0.4, 0.5) is 0 Å². The predicted molar refractivity (Wildman–Crippen MR) is 219 cm³/mol. The van der Waals surface area contributed by atoms with Crippen LogP contribution in [0.5, 0.6) is 51.7 Å². The van der Waals surface area contributed by atoms with Crippen LogP contribution < -0.4 is 14.2 Å². The molecular weight excluding hydrogens is 721 g/mol. The summed E-state index contributed by atoms with van der Waals surface area (Å²) in [5.41, 5.74) is 7.36. The maximum Gasteiger partial charge on any atom is 0.125 e. The van der Waals surface area contributed by atoms with Crippen LogP contribution in [0.15, 0.2) is 109 Å². The van der Waals surface area contributed by atoms with E-state index in [1.165, 1.54) is 0 Å². The molecule has 9 heteroatoms. The molecule has 6 bridgehead atoms. The highest BCUT2D eigenvalue weighted by Gasteiger charge is 2.27. The predicted octanol–water partition coefficient (Wildman–Crippen LogP) is 9.55. The van der Waals surface area contributed by atoms with Crippen LogP contribution in [0.2, 0.25) is 0 Å². The highest BCUT2D eigenvalue weighted by Crippen LogP contribution is 2.46. The first-order valence-corrected chi connectivity index (χ1v) is 19.1. The van der Waals surface area contributed by atoms with Crippen LogP contribution in [-0.2, 0) is 19.3 Å². The third-order valence-corrected chi connectivity index (χ3v) is 11.4. The number of phenols is 6. The van der Waals surface area contributed by atoms with Gasteiger partial charge >= 0.3 is 0 Å². The summed E-state index contributed by atoms with van der Waals surface area (Å²) in [7, 11) is 4.73. The van der Waals surface area contributed by atoms with Gasteiger partial charge in [-0.15, -0.1) is 0 Å². The summed E-state index contributed by atoms with van der Waals surface area (Å²) in [4.78, 5) is 0. The molecule has 1 aliphatic carbocycles. The minimum Gasteiger partial charge on any atom is -0.508 e. The van der Waals surface area contributed by atoms with Crippen LogP contribution in [0.3, 0.4) is 0 Å². The zero-order valence-corrected chi connectivity index (χ0v) is 32.3. The Kier molecular flexibility index (Phi) is 11.4. The number of fused-ring (bicyclic) bond motifs is 6. The molecule has 6 aromatic rings. The Labute approximate surface area is 332 Å². The van der Waals surface area contributed by atoms with Gasteiger partial charge in [0.1, 0.15) is 51.7 Å². The SMILES string of the molecule is COc1cc(O)c2cc1CC[C@H](c1ccc(O)cc1)c1cc(c(OC)cc1O)CC[C@H](c1ccc(O)cc1)c1cc(c(OC)cc1O)CC[C@@H]2c1ccc(O)cc1. The molecular formula is C48H48O9. The van der Waals surface area contributed by atoms with Crippen LogP contribution in [0.25, 0.3) is 0 Å². The van der Waals surface area contributed by atoms with Gasteiger partial charge in [-0.2, -0.15) is 0 Å². The number of hydrogen-bond acceptors (Lipinski definition) is 9. The van der Waals surface area contributed by atoms with E-state index in [9.17, 15) is 30.6 Å². The average molecular weight is 769 g/mol. The molecule has 0 amide bonds. The van der Waals surface area contributed by atoms with Gasteiger partial charge in [0.25, 0.3) is 0 Å². The number of methoxy groups -OCH3 is 3. The second-order valence-electron chi connectivity index (χ2n) is 14.7. The summed E-state index contributed by atoms with van der Waals surface area (Å²) >= 11 is 0. The van der Waals surface area contributed by atoms with Crippen molar-refractivity contribution in [3.8, 4) is 51.7 Å². The first-order chi connectivity index (χ1) is 27.6. The second kappa shape index (κ2) is 16.7. The van der Waals surface area contributed by atoms with E-state index in [0.29, 0.717) is 72.5 Å². The van der Waals surface area contributed by atoms with Gasteiger partial charge in [-0.3, -0.25) is 0 Å². The molecule has 6 aromatic carbocycles. The Morgan fingerprint density at radius 2 is 0.614 bits per heavy atom. The smallest absolute Gasteiger partial charge is 0.125 e. The topological polar surface area (TPSA) is 149 Å². The van der Waals surface area contributed by atoms with Crippen molar-refractivity contribution in [1.29, 1.82) is 0 Å². The summed E-state index contributed by atoms with van der Waals surface area (Å²) in [6.45, 7) is 0. The lowest BCUT2D eigenvalue weighted by atomic mass is 9.80. The summed E-state index contributed by atoms with van der Waals surface area (Å²) in [5.74, 6) is 1.26. The summed E-state index contributed by atoms with van der Waals surface area (Å²) < 4.78 is 17.5. The fraction of sp³-hybridized carbons (Fsp3) is 0.250. The van der Waals surface area contributed by atoms with Gasteiger partial charge < -0.3 is 44.8 Å². The van der Waals surface area contributed by atoms with Crippen LogP contribution in [0.1, 0.15) is 87.1 Å². The fourth-order valence-corrected chi connectivity index (χ4v) is 8.42. The van der Waals surface area contributed by atoms with Gasteiger partial charge in [-0.25, -0.2) is 0 Å². The van der Waals surface area contributed by atoms with Crippen molar-refractivity contribution in [2.45, 2.75) is 56.3 Å². The van der Waals surface area contributed by atoms with E-state index in [1.54, 1.807) is 75.9 Å². The van der Waals surface area contributed by atoms with Crippen molar-refractivity contribution in [3.63, 3.8) is 0 Å². The fourth-order valence-electron chi connectivity index (χ4n) is 8.42. The zero-order valence-electron chi connectivity index (χ0n) is 32.3. The highest BCUT2D eigenvalue weighted by atomic mass is 16.5. The Morgan fingerprint density at radius 3 is 0.842 bits per heavy atom. The number of aryl methyl sites for hydroxylation is 3. The van der Waals surface area contributed by atoms with Crippen molar-refractivity contribution in [3.05, 3.63) is 159 Å². The molecule has 0 fully saturated rings. The molecule has 0 spiro atoms. The van der Waals surface area contributed by atoms with Crippen LogP contribution in [0, 0.1) is 0 Å². The molecule has 0 aromatic heterocycles. The van der Waals surface area contributed by atoms with Crippen molar-refractivity contribution < 1.29 is 44.8 Å². The number of aromatic hydroxyl groups is 6. The molecule has 7 rings (SSSR count). The van der Waals surface area contributed by atoms with Gasteiger partial charge in [-0.1, -0.05) is 36.4 Å². The van der Waals surface area contributed by atoms with E-state index >= 15 is 0 Å². The maximum absolute atomic E-state index is 11.6. The molecule has 0 radical (unpaired) electrons. The van der Waals surface area contributed by atoms with Gasteiger partial charge in [0.15, 0.2) is 0 Å². The molecule has 294 valence electrons. The number of ether oxygens (including phenoxy) is 3. The Hall–Kier alpha value is -6.48. The monoisotopic (exact) mass is 768 g/mol. The maximum atomic E-state index is 11.6. The van der Waals surface area contributed by atoms with Gasteiger partial charge in [0.05, 0.1) is 21.3 Å². The number of rotatable bonds is 6. The highest BCUT2D eigenvalue weighted by molar-refractivity contribution is 5.55. The first-order valence-electron chi connectivity index (χ1n) is 19.1. The van der Waals surface area contributed by atoms with Crippen LogP contribution >= 0.6 is 0 Å². The first kappa shape index (κ1) is 38.8. The van der Waals surface area contributed by atoms with E-state index in [1.807, 2.05) is 54.6 Å². The molecule has 0 saturated heterocycles. The molecule has 1 aliphatic rings. The molecule has 0 aliphatic heterocycles. The van der Waals surface area contributed by atoms with Crippen molar-refractivity contribution in [1.82, 2.24) is 0 Å². The quantitative estimate of drug-likeness (QED) is 0.0974. The number of hydrogen-bond donors (Lipinski definition) is 6. The lowest BCUT2D eigenvalue weighted by Gasteiger charge is -2.26. The van der Waals surface area contributed by atoms with E-state index < -0.39 is 0 Å². The van der Waals surface area contributed by atoms with Crippen molar-refractivity contribution >= 4 is 0 Å². The largest absolute Gasteiger partial charge is 0.508 e. The van der Waals surface area contributed by atoms with E-state index in [4.69, 9.17) is 14.2 Å². The van der Waals surface area contributed by atoms with E-state index in [2.05, 4.69) is 0 Å². The standard InChI is InChI=1S/C48H48O9/c1-55-46-25-43(52)40-22-31(46)10-19-37(28-4-13-34(49)14-5-28)41-23-33(47(56-2)26-44(41)53)12-21-39(30-8-17-36(51)18-9-30)42-24-32(48(57-3)27-45(42)54)11-20-38(40)29-6-15-35(50)16-7-29/h4-9,13-18,22-27,37-39,49-54H,10-12,19-21H2,1-3H3/t37-,38-,39-/m1/s1. The van der Waals surface area contributed by atoms with Crippen molar-refractivity contribution in [2.75, 3.05) is 21.3 Å². The molecule has 6 N–H and O–H groups in total. The Balaban J connectivity index is 1.46. The molecule has 0 unspecified atom stereocenters.